The summed E-state index contributed by atoms with van der Waals surface area (Å²) in [5.41, 5.74) is 1.15. The third-order valence-corrected chi connectivity index (χ3v) is 2.95. The molecule has 0 amide bonds. The van der Waals surface area contributed by atoms with E-state index in [-0.39, 0.29) is 5.56 Å². The molecule has 64 valence electrons. The predicted molar refractivity (Wildman–Crippen MR) is 55.9 cm³/mol. The Morgan fingerprint density at radius 1 is 1.58 bits per heavy atom. The predicted octanol–water partition coefficient (Wildman–Crippen LogP) is 2.95. The highest BCUT2D eigenvalue weighted by atomic mass is 127. The van der Waals surface area contributed by atoms with Gasteiger partial charge in [0, 0.05) is 3.57 Å². The first-order chi connectivity index (χ1) is 5.52. The van der Waals surface area contributed by atoms with Gasteiger partial charge in [0.25, 0.3) is 0 Å². The van der Waals surface area contributed by atoms with Crippen molar-refractivity contribution >= 4 is 40.2 Å². The van der Waals surface area contributed by atoms with Gasteiger partial charge in [-0.15, -0.1) is 0 Å². The molecule has 1 aromatic rings. The summed E-state index contributed by atoms with van der Waals surface area (Å²) < 4.78 is 0.911. The molecular formula is C8H6ClIO2. The average molecular weight is 296 g/mol. The minimum absolute atomic E-state index is 0.159. The van der Waals surface area contributed by atoms with Crippen LogP contribution < -0.4 is 0 Å². The van der Waals surface area contributed by atoms with Gasteiger partial charge in [-0.2, -0.15) is 0 Å². The standard InChI is InChI=1S/C8H6ClIO2/c1-4-2-6(9)5(8(11)12)3-7(4)10/h2-3H,1H3,(H,11,12). The van der Waals surface area contributed by atoms with E-state index in [0.29, 0.717) is 5.02 Å². The van der Waals surface area contributed by atoms with Crippen LogP contribution in [-0.2, 0) is 0 Å². The Balaban J connectivity index is 3.33. The molecule has 1 N–H and O–H groups in total. The van der Waals surface area contributed by atoms with Crippen LogP contribution in [0.5, 0.6) is 0 Å². The van der Waals surface area contributed by atoms with Crippen molar-refractivity contribution < 1.29 is 9.90 Å². The fourth-order valence-corrected chi connectivity index (χ4v) is 1.58. The molecule has 1 rings (SSSR count). The molecule has 4 heteroatoms. The van der Waals surface area contributed by atoms with Gasteiger partial charge >= 0.3 is 5.97 Å². The number of hydrogen-bond acceptors (Lipinski definition) is 1. The number of aromatic carboxylic acids is 1. The van der Waals surface area contributed by atoms with Crippen LogP contribution in [-0.4, -0.2) is 11.1 Å². The first-order valence-electron chi connectivity index (χ1n) is 3.21. The minimum atomic E-state index is -0.988. The van der Waals surface area contributed by atoms with Crippen LogP contribution in [0.4, 0.5) is 0 Å². The first kappa shape index (κ1) is 9.80. The summed E-state index contributed by atoms with van der Waals surface area (Å²) in [7, 11) is 0. The molecule has 0 saturated heterocycles. The maximum Gasteiger partial charge on any atom is 0.337 e. The van der Waals surface area contributed by atoms with Crippen LogP contribution in [0.2, 0.25) is 5.02 Å². The highest BCUT2D eigenvalue weighted by Gasteiger charge is 2.10. The van der Waals surface area contributed by atoms with E-state index < -0.39 is 5.97 Å². The summed E-state index contributed by atoms with van der Waals surface area (Å²) in [4.78, 5) is 10.6. The third kappa shape index (κ3) is 1.90. The number of aryl methyl sites for hydroxylation is 1. The molecule has 12 heavy (non-hydrogen) atoms. The first-order valence-corrected chi connectivity index (χ1v) is 4.67. The SMILES string of the molecule is Cc1cc(Cl)c(C(=O)O)cc1I. The van der Waals surface area contributed by atoms with Gasteiger partial charge in [0.1, 0.15) is 0 Å². The van der Waals surface area contributed by atoms with E-state index >= 15 is 0 Å². The Labute approximate surface area is 88.7 Å². The number of halogens is 2. The van der Waals surface area contributed by atoms with Crippen LogP contribution >= 0.6 is 34.2 Å². The van der Waals surface area contributed by atoms with E-state index in [1.54, 1.807) is 12.1 Å². The van der Waals surface area contributed by atoms with Crippen LogP contribution in [0.25, 0.3) is 0 Å². The molecule has 0 aliphatic rings. The lowest BCUT2D eigenvalue weighted by Crippen LogP contribution is -1.98. The quantitative estimate of drug-likeness (QED) is 0.809. The Morgan fingerprint density at radius 2 is 2.17 bits per heavy atom. The number of rotatable bonds is 1. The Bertz CT molecular complexity index is 336. The van der Waals surface area contributed by atoms with Crippen molar-refractivity contribution in [3.05, 3.63) is 31.9 Å². The summed E-state index contributed by atoms with van der Waals surface area (Å²) in [6.45, 7) is 1.89. The summed E-state index contributed by atoms with van der Waals surface area (Å²) in [6.07, 6.45) is 0. The van der Waals surface area contributed by atoms with Crippen LogP contribution in [0.15, 0.2) is 12.1 Å². The van der Waals surface area contributed by atoms with Crippen LogP contribution in [0.3, 0.4) is 0 Å². The van der Waals surface area contributed by atoms with Crippen LogP contribution in [0.1, 0.15) is 15.9 Å². The molecule has 0 radical (unpaired) electrons. The van der Waals surface area contributed by atoms with Crippen molar-refractivity contribution in [1.82, 2.24) is 0 Å². The normalized spacial score (nSPS) is 9.92. The fraction of sp³-hybridized carbons (Fsp3) is 0.125. The molecule has 0 spiro atoms. The van der Waals surface area contributed by atoms with Gasteiger partial charge in [-0.3, -0.25) is 0 Å². The van der Waals surface area contributed by atoms with Crippen molar-refractivity contribution in [2.75, 3.05) is 0 Å². The molecule has 0 atom stereocenters. The molecule has 0 aliphatic heterocycles. The third-order valence-electron chi connectivity index (χ3n) is 1.48. The number of carboxylic acid groups (broad SMARTS) is 1. The summed E-state index contributed by atoms with van der Waals surface area (Å²) in [5.74, 6) is -0.988. The summed E-state index contributed by atoms with van der Waals surface area (Å²) in [5, 5.41) is 8.99. The Hall–Kier alpha value is -0.290. The lowest BCUT2D eigenvalue weighted by Gasteiger charge is -2.02. The van der Waals surface area contributed by atoms with Gasteiger partial charge in [-0.05, 0) is 47.2 Å². The van der Waals surface area contributed by atoms with E-state index in [9.17, 15) is 4.79 Å². The zero-order valence-electron chi connectivity index (χ0n) is 6.27. The zero-order valence-corrected chi connectivity index (χ0v) is 9.18. The van der Waals surface area contributed by atoms with E-state index in [0.717, 1.165) is 9.13 Å². The second-order valence-electron chi connectivity index (χ2n) is 2.39. The van der Waals surface area contributed by atoms with E-state index in [2.05, 4.69) is 22.6 Å². The van der Waals surface area contributed by atoms with Gasteiger partial charge in [-0.1, -0.05) is 11.6 Å². The minimum Gasteiger partial charge on any atom is -0.478 e. The molecule has 0 bridgehead atoms. The van der Waals surface area contributed by atoms with Gasteiger partial charge in [0.2, 0.25) is 0 Å². The van der Waals surface area contributed by atoms with E-state index in [1.807, 2.05) is 6.92 Å². The monoisotopic (exact) mass is 296 g/mol. The second-order valence-corrected chi connectivity index (χ2v) is 3.96. The topological polar surface area (TPSA) is 37.3 Å². The highest BCUT2D eigenvalue weighted by Crippen LogP contribution is 2.22. The molecule has 0 saturated carbocycles. The summed E-state index contributed by atoms with van der Waals surface area (Å²) in [6, 6.07) is 3.23. The maximum atomic E-state index is 10.6. The van der Waals surface area contributed by atoms with Crippen molar-refractivity contribution in [3.8, 4) is 0 Å². The molecule has 0 fully saturated rings. The molecular weight excluding hydrogens is 290 g/mol. The van der Waals surface area contributed by atoms with Crippen molar-refractivity contribution in [1.29, 1.82) is 0 Å². The second kappa shape index (κ2) is 3.62. The van der Waals surface area contributed by atoms with E-state index in [1.165, 1.54) is 0 Å². The average Bonchev–Trinajstić information content (AvgIpc) is 1.96. The largest absolute Gasteiger partial charge is 0.478 e. The van der Waals surface area contributed by atoms with Gasteiger partial charge in [-0.25, -0.2) is 4.79 Å². The zero-order chi connectivity index (χ0) is 9.30. The molecule has 0 aliphatic carbocycles. The molecule has 0 aromatic heterocycles. The summed E-state index contributed by atoms with van der Waals surface area (Å²) >= 11 is 7.79. The Morgan fingerprint density at radius 3 is 2.67 bits per heavy atom. The molecule has 2 nitrogen and oxygen atoms in total. The van der Waals surface area contributed by atoms with Gasteiger partial charge < -0.3 is 5.11 Å². The fourth-order valence-electron chi connectivity index (χ4n) is 0.810. The Kier molecular flexibility index (Phi) is 2.95. The molecule has 1 aromatic carbocycles. The van der Waals surface area contributed by atoms with Crippen LogP contribution in [0, 0.1) is 10.5 Å². The van der Waals surface area contributed by atoms with E-state index in [4.69, 9.17) is 16.7 Å². The molecule has 0 unspecified atom stereocenters. The van der Waals surface area contributed by atoms with Crippen molar-refractivity contribution in [2.45, 2.75) is 6.92 Å². The lowest BCUT2D eigenvalue weighted by atomic mass is 10.1. The molecule has 0 heterocycles. The number of carboxylic acids is 1. The maximum absolute atomic E-state index is 10.6. The number of hydrogen-bond donors (Lipinski definition) is 1. The lowest BCUT2D eigenvalue weighted by molar-refractivity contribution is 0.0697. The van der Waals surface area contributed by atoms with Gasteiger partial charge in [0.05, 0.1) is 10.6 Å². The van der Waals surface area contributed by atoms with Crippen molar-refractivity contribution in [2.24, 2.45) is 0 Å². The van der Waals surface area contributed by atoms with Gasteiger partial charge in [0.15, 0.2) is 0 Å². The number of carbonyl (C=O) groups is 1. The highest BCUT2D eigenvalue weighted by molar-refractivity contribution is 14.1. The smallest absolute Gasteiger partial charge is 0.337 e. The number of benzene rings is 1. The van der Waals surface area contributed by atoms with Crippen molar-refractivity contribution in [3.63, 3.8) is 0 Å².